The van der Waals surface area contributed by atoms with Crippen LogP contribution < -0.4 is 14.2 Å². The van der Waals surface area contributed by atoms with Crippen LogP contribution in [0.1, 0.15) is 11.1 Å². The largest absolute Gasteiger partial charge is 0.496 e. The second-order valence-electron chi connectivity index (χ2n) is 4.47. The van der Waals surface area contributed by atoms with Gasteiger partial charge in [-0.15, -0.1) is 0 Å². The van der Waals surface area contributed by atoms with Gasteiger partial charge in [0.15, 0.2) is 11.5 Å². The van der Waals surface area contributed by atoms with Crippen LogP contribution in [0.5, 0.6) is 17.2 Å². The topological polar surface area (TPSA) is 68.5 Å². The molecule has 2 aromatic rings. The van der Waals surface area contributed by atoms with Gasteiger partial charge in [0, 0.05) is 17.7 Å². The second kappa shape index (κ2) is 7.66. The van der Waals surface area contributed by atoms with E-state index in [9.17, 15) is 4.79 Å². The molecular formula is C18H15NO4. The van der Waals surface area contributed by atoms with E-state index in [0.29, 0.717) is 17.1 Å². The van der Waals surface area contributed by atoms with Crippen LogP contribution in [0.25, 0.3) is 6.08 Å². The summed E-state index contributed by atoms with van der Waals surface area (Å²) in [5.74, 6) is 0.677. The van der Waals surface area contributed by atoms with Gasteiger partial charge in [-0.2, -0.15) is 5.26 Å². The summed E-state index contributed by atoms with van der Waals surface area (Å²) in [6.45, 7) is 0. The van der Waals surface area contributed by atoms with Gasteiger partial charge >= 0.3 is 5.97 Å². The van der Waals surface area contributed by atoms with Crippen LogP contribution in [0, 0.1) is 11.3 Å². The Morgan fingerprint density at radius 3 is 2.48 bits per heavy atom. The Balaban J connectivity index is 2.14. The summed E-state index contributed by atoms with van der Waals surface area (Å²) < 4.78 is 15.5. The quantitative estimate of drug-likeness (QED) is 0.482. The first-order valence-electron chi connectivity index (χ1n) is 6.79. The lowest BCUT2D eigenvalue weighted by atomic mass is 10.2. The molecule has 2 rings (SSSR count). The van der Waals surface area contributed by atoms with Gasteiger partial charge < -0.3 is 14.2 Å². The Labute approximate surface area is 134 Å². The highest BCUT2D eigenvalue weighted by atomic mass is 16.6. The molecule has 0 spiro atoms. The number of ether oxygens (including phenoxy) is 3. The highest BCUT2D eigenvalue weighted by molar-refractivity contribution is 5.89. The molecule has 0 aliphatic rings. The third-order valence-electron chi connectivity index (χ3n) is 3.04. The molecule has 0 aliphatic heterocycles. The zero-order chi connectivity index (χ0) is 16.7. The molecule has 5 nitrogen and oxygen atoms in total. The molecule has 5 heteroatoms. The van der Waals surface area contributed by atoms with Crippen molar-refractivity contribution >= 4 is 12.0 Å². The summed E-state index contributed by atoms with van der Waals surface area (Å²) >= 11 is 0. The molecule has 2 aromatic carbocycles. The number of nitriles is 1. The van der Waals surface area contributed by atoms with Crippen molar-refractivity contribution in [1.29, 1.82) is 5.26 Å². The normalized spacial score (nSPS) is 10.1. The lowest BCUT2D eigenvalue weighted by Gasteiger charge is -2.08. The van der Waals surface area contributed by atoms with Gasteiger partial charge in [0.2, 0.25) is 0 Å². The molecule has 0 N–H and O–H groups in total. The van der Waals surface area contributed by atoms with Crippen LogP contribution in [-0.4, -0.2) is 20.2 Å². The maximum Gasteiger partial charge on any atom is 0.336 e. The van der Waals surface area contributed by atoms with Gasteiger partial charge in [-0.1, -0.05) is 18.2 Å². The zero-order valence-electron chi connectivity index (χ0n) is 12.8. The van der Waals surface area contributed by atoms with E-state index in [1.165, 1.54) is 25.3 Å². The Kier molecular flexibility index (Phi) is 5.37. The van der Waals surface area contributed by atoms with Crippen molar-refractivity contribution < 1.29 is 19.0 Å². The smallest absolute Gasteiger partial charge is 0.336 e. The van der Waals surface area contributed by atoms with Gasteiger partial charge in [0.05, 0.1) is 25.9 Å². The molecule has 0 heterocycles. The lowest BCUT2D eigenvalue weighted by molar-refractivity contribution is -0.129. The number of esters is 1. The summed E-state index contributed by atoms with van der Waals surface area (Å²) in [5.41, 5.74) is 1.19. The predicted octanol–water partition coefficient (Wildman–Crippen LogP) is 3.19. The van der Waals surface area contributed by atoms with Crippen molar-refractivity contribution in [2.24, 2.45) is 0 Å². The van der Waals surface area contributed by atoms with E-state index in [0.717, 1.165) is 5.56 Å². The molecule has 116 valence electrons. The molecule has 0 atom stereocenters. The van der Waals surface area contributed by atoms with Crippen molar-refractivity contribution in [2.75, 3.05) is 14.2 Å². The second-order valence-corrected chi connectivity index (χ2v) is 4.47. The number of benzene rings is 2. The van der Waals surface area contributed by atoms with E-state index in [1.807, 2.05) is 24.3 Å². The minimum Gasteiger partial charge on any atom is -0.496 e. The highest BCUT2D eigenvalue weighted by Crippen LogP contribution is 2.28. The Hall–Kier alpha value is -3.26. The number of carbonyl (C=O) groups excluding carboxylic acids is 1. The molecule has 0 aromatic heterocycles. The number of methoxy groups -OCH3 is 2. The van der Waals surface area contributed by atoms with Gasteiger partial charge in [0.1, 0.15) is 5.75 Å². The number of nitrogens with zero attached hydrogens (tertiary/aromatic N) is 1. The van der Waals surface area contributed by atoms with Crippen molar-refractivity contribution in [3.8, 4) is 23.3 Å². The number of para-hydroxylation sites is 1. The van der Waals surface area contributed by atoms with Gasteiger partial charge in [-0.3, -0.25) is 0 Å². The molecule has 0 aliphatic carbocycles. The van der Waals surface area contributed by atoms with Crippen molar-refractivity contribution in [1.82, 2.24) is 0 Å². The maximum atomic E-state index is 11.9. The first-order chi connectivity index (χ1) is 11.2. The van der Waals surface area contributed by atoms with E-state index in [2.05, 4.69) is 0 Å². The van der Waals surface area contributed by atoms with E-state index < -0.39 is 5.97 Å². The van der Waals surface area contributed by atoms with Gasteiger partial charge in [0.25, 0.3) is 0 Å². The fourth-order valence-corrected chi connectivity index (χ4v) is 1.93. The monoisotopic (exact) mass is 309 g/mol. The van der Waals surface area contributed by atoms with Crippen LogP contribution in [0.3, 0.4) is 0 Å². The first kappa shape index (κ1) is 16.1. The van der Waals surface area contributed by atoms with Gasteiger partial charge in [-0.25, -0.2) is 4.79 Å². The van der Waals surface area contributed by atoms with Crippen LogP contribution in [-0.2, 0) is 4.79 Å². The molecule has 0 amide bonds. The summed E-state index contributed by atoms with van der Waals surface area (Å²) in [6, 6.07) is 13.9. The third-order valence-corrected chi connectivity index (χ3v) is 3.04. The standard InChI is InChI=1S/C18H15NO4/c1-21-15-6-4-3-5-14(15)8-10-18(20)23-16-9-7-13(12-19)11-17(16)22-2/h3-11H,1-2H3/b10-8+. The van der Waals surface area contributed by atoms with Crippen molar-refractivity contribution in [3.63, 3.8) is 0 Å². The SMILES string of the molecule is COc1ccccc1/C=C/C(=O)Oc1ccc(C#N)cc1OC. The van der Waals surface area contributed by atoms with E-state index in [4.69, 9.17) is 19.5 Å². The molecular weight excluding hydrogens is 294 g/mol. The Morgan fingerprint density at radius 2 is 1.78 bits per heavy atom. The average Bonchev–Trinajstić information content (AvgIpc) is 2.60. The molecule has 0 unspecified atom stereocenters. The molecule has 0 radical (unpaired) electrons. The summed E-state index contributed by atoms with van der Waals surface area (Å²) in [6.07, 6.45) is 2.91. The average molecular weight is 309 g/mol. The highest BCUT2D eigenvalue weighted by Gasteiger charge is 2.09. The minimum atomic E-state index is -0.557. The lowest BCUT2D eigenvalue weighted by Crippen LogP contribution is -2.05. The number of hydrogen-bond donors (Lipinski definition) is 0. The molecule has 0 saturated heterocycles. The van der Waals surface area contributed by atoms with Crippen molar-refractivity contribution in [2.45, 2.75) is 0 Å². The number of carbonyl (C=O) groups is 1. The van der Waals surface area contributed by atoms with Crippen LogP contribution in [0.15, 0.2) is 48.5 Å². The maximum absolute atomic E-state index is 11.9. The molecule has 0 fully saturated rings. The van der Waals surface area contributed by atoms with Gasteiger partial charge in [-0.05, 0) is 24.3 Å². The Bertz CT molecular complexity index is 775. The number of hydrogen-bond acceptors (Lipinski definition) is 5. The molecule has 0 bridgehead atoms. The predicted molar refractivity (Wildman–Crippen MR) is 85.4 cm³/mol. The third kappa shape index (κ3) is 4.11. The van der Waals surface area contributed by atoms with E-state index in [1.54, 1.807) is 25.3 Å². The first-order valence-corrected chi connectivity index (χ1v) is 6.79. The Morgan fingerprint density at radius 1 is 1.04 bits per heavy atom. The van der Waals surface area contributed by atoms with E-state index >= 15 is 0 Å². The van der Waals surface area contributed by atoms with Crippen LogP contribution >= 0.6 is 0 Å². The zero-order valence-corrected chi connectivity index (χ0v) is 12.8. The fourth-order valence-electron chi connectivity index (χ4n) is 1.93. The van der Waals surface area contributed by atoms with Crippen LogP contribution in [0.4, 0.5) is 0 Å². The summed E-state index contributed by atoms with van der Waals surface area (Å²) in [4.78, 5) is 11.9. The van der Waals surface area contributed by atoms with Crippen LogP contribution in [0.2, 0.25) is 0 Å². The fraction of sp³-hybridized carbons (Fsp3) is 0.111. The van der Waals surface area contributed by atoms with Crippen molar-refractivity contribution in [3.05, 3.63) is 59.7 Å². The molecule has 0 saturated carbocycles. The summed E-state index contributed by atoms with van der Waals surface area (Å²) in [5, 5.41) is 8.85. The van der Waals surface area contributed by atoms with E-state index in [-0.39, 0.29) is 5.75 Å². The summed E-state index contributed by atoms with van der Waals surface area (Å²) in [7, 11) is 3.01. The molecule has 23 heavy (non-hydrogen) atoms. The number of rotatable bonds is 5. The minimum absolute atomic E-state index is 0.251.